The lowest BCUT2D eigenvalue weighted by Crippen LogP contribution is -2.32. The summed E-state index contributed by atoms with van der Waals surface area (Å²) in [5.74, 6) is -0.837. The Morgan fingerprint density at radius 2 is 2.04 bits per heavy atom. The van der Waals surface area contributed by atoms with Crippen molar-refractivity contribution in [1.29, 1.82) is 0 Å². The smallest absolute Gasteiger partial charge is 0.325 e. The second-order valence-corrected chi connectivity index (χ2v) is 6.54. The minimum absolute atomic E-state index is 0.0555. The van der Waals surface area contributed by atoms with Gasteiger partial charge in [0.05, 0.1) is 24.7 Å². The number of fused-ring (bicyclic) bond motifs is 1. The van der Waals surface area contributed by atoms with Gasteiger partial charge in [-0.25, -0.2) is 9.67 Å². The minimum Gasteiger partial charge on any atom is -0.465 e. The van der Waals surface area contributed by atoms with E-state index in [1.807, 2.05) is 20.8 Å². The molecule has 2 aromatic heterocycles. The van der Waals surface area contributed by atoms with Gasteiger partial charge in [-0.05, 0) is 27.7 Å². The summed E-state index contributed by atoms with van der Waals surface area (Å²) in [5.41, 5.74) is -0.0282. The molecule has 0 saturated carbocycles. The first-order chi connectivity index (χ1) is 11.7. The molecule has 0 aliphatic heterocycles. The molecule has 0 radical (unpaired) electrons. The zero-order valence-corrected chi connectivity index (χ0v) is 14.9. The first kappa shape index (κ1) is 18.6. The summed E-state index contributed by atoms with van der Waals surface area (Å²) in [6.45, 7) is 7.85. The van der Waals surface area contributed by atoms with Crippen LogP contribution in [0.25, 0.3) is 11.0 Å². The van der Waals surface area contributed by atoms with Crippen molar-refractivity contribution in [2.45, 2.75) is 46.2 Å². The van der Waals surface area contributed by atoms with Gasteiger partial charge in [0.25, 0.3) is 5.56 Å². The number of nitrogens with one attached hydrogen (secondary N) is 1. The third-order valence-corrected chi connectivity index (χ3v) is 3.50. The van der Waals surface area contributed by atoms with Crippen molar-refractivity contribution in [3.8, 4) is 0 Å². The van der Waals surface area contributed by atoms with E-state index >= 15 is 0 Å². The Labute approximate surface area is 145 Å². The minimum atomic E-state index is -0.495. The molecule has 25 heavy (non-hydrogen) atoms. The van der Waals surface area contributed by atoms with Gasteiger partial charge in [-0.15, -0.1) is 0 Å². The van der Waals surface area contributed by atoms with Gasteiger partial charge >= 0.3 is 5.97 Å². The predicted octanol–water partition coefficient (Wildman–Crippen LogP) is 0.417. The first-order valence-corrected chi connectivity index (χ1v) is 8.10. The number of ether oxygens (including phenoxy) is 1. The number of nitrogens with zero attached hydrogens (tertiary/aromatic N) is 4. The molecule has 0 aliphatic carbocycles. The van der Waals surface area contributed by atoms with Crippen LogP contribution >= 0.6 is 0 Å². The molecule has 9 heteroatoms. The molecular weight excluding hydrogens is 326 g/mol. The van der Waals surface area contributed by atoms with Crippen LogP contribution in [0.1, 0.15) is 34.1 Å². The molecule has 2 aromatic rings. The molecular formula is C16H23N5O4. The number of carbonyl (C=O) groups excluding carboxylic acids is 2. The van der Waals surface area contributed by atoms with Crippen LogP contribution in [0.3, 0.4) is 0 Å². The number of hydrogen-bond acceptors (Lipinski definition) is 6. The highest BCUT2D eigenvalue weighted by Crippen LogP contribution is 2.17. The maximum Gasteiger partial charge on any atom is 0.325 e. The first-order valence-electron chi connectivity index (χ1n) is 8.10. The van der Waals surface area contributed by atoms with E-state index in [0.29, 0.717) is 11.0 Å². The van der Waals surface area contributed by atoms with Gasteiger partial charge in [0.2, 0.25) is 5.91 Å². The third kappa shape index (κ3) is 4.43. The molecule has 0 saturated heterocycles. The van der Waals surface area contributed by atoms with Crippen LogP contribution in [0, 0.1) is 0 Å². The maximum absolute atomic E-state index is 12.5. The fraction of sp³-hybridized carbons (Fsp3) is 0.562. The number of hydrogen-bond donors (Lipinski definition) is 1. The van der Waals surface area contributed by atoms with E-state index in [1.54, 1.807) is 11.6 Å². The number of rotatable bonds is 6. The summed E-state index contributed by atoms with van der Waals surface area (Å²) in [6, 6.07) is 0. The normalized spacial score (nSPS) is 11.5. The van der Waals surface area contributed by atoms with Crippen molar-refractivity contribution in [3.05, 3.63) is 22.9 Å². The molecule has 0 aliphatic rings. The van der Waals surface area contributed by atoms with Crippen molar-refractivity contribution in [2.75, 3.05) is 13.2 Å². The molecule has 0 unspecified atom stereocenters. The zero-order valence-electron chi connectivity index (χ0n) is 14.9. The van der Waals surface area contributed by atoms with E-state index in [4.69, 9.17) is 4.74 Å². The highest BCUT2D eigenvalue weighted by atomic mass is 16.5. The van der Waals surface area contributed by atoms with Gasteiger partial charge in [0.15, 0.2) is 5.65 Å². The van der Waals surface area contributed by atoms with E-state index in [9.17, 15) is 14.4 Å². The topological polar surface area (TPSA) is 108 Å². The second kappa shape index (κ2) is 7.45. The molecule has 136 valence electrons. The van der Waals surface area contributed by atoms with Crippen LogP contribution in [-0.2, 0) is 26.4 Å². The van der Waals surface area contributed by atoms with Gasteiger partial charge in [0.1, 0.15) is 11.9 Å². The van der Waals surface area contributed by atoms with Crippen molar-refractivity contribution in [2.24, 2.45) is 0 Å². The van der Waals surface area contributed by atoms with E-state index < -0.39 is 5.97 Å². The van der Waals surface area contributed by atoms with Gasteiger partial charge in [-0.2, -0.15) is 5.10 Å². The standard InChI is InChI=1S/C16H23N5O4/c1-5-25-13(23)9-17-12(22)6-7-20-10-18-14-11(15(20)24)8-19-21(14)16(2,3)4/h8,10H,5-7,9H2,1-4H3,(H,17,22). The summed E-state index contributed by atoms with van der Waals surface area (Å²) in [5, 5.41) is 7.10. The van der Waals surface area contributed by atoms with Crippen molar-refractivity contribution >= 4 is 22.9 Å². The van der Waals surface area contributed by atoms with Gasteiger partial charge in [-0.3, -0.25) is 19.0 Å². The summed E-state index contributed by atoms with van der Waals surface area (Å²) in [7, 11) is 0. The lowest BCUT2D eigenvalue weighted by atomic mass is 10.1. The summed E-state index contributed by atoms with van der Waals surface area (Å²) in [6.07, 6.45) is 2.96. The maximum atomic E-state index is 12.5. The predicted molar refractivity (Wildman–Crippen MR) is 91.0 cm³/mol. The van der Waals surface area contributed by atoms with E-state index in [1.165, 1.54) is 17.1 Å². The van der Waals surface area contributed by atoms with Gasteiger partial charge < -0.3 is 10.1 Å². The second-order valence-electron chi connectivity index (χ2n) is 6.54. The molecule has 0 fully saturated rings. The molecule has 1 N–H and O–H groups in total. The number of aryl methyl sites for hydroxylation is 1. The summed E-state index contributed by atoms with van der Waals surface area (Å²) in [4.78, 5) is 39.8. The van der Waals surface area contributed by atoms with Crippen molar-refractivity contribution in [3.63, 3.8) is 0 Å². The van der Waals surface area contributed by atoms with Crippen LogP contribution in [0.2, 0.25) is 0 Å². The van der Waals surface area contributed by atoms with Crippen LogP contribution in [0.5, 0.6) is 0 Å². The average molecular weight is 349 g/mol. The fourth-order valence-corrected chi connectivity index (χ4v) is 2.29. The lowest BCUT2D eigenvalue weighted by molar-refractivity contribution is -0.143. The van der Waals surface area contributed by atoms with Gasteiger partial charge in [0, 0.05) is 13.0 Å². The SMILES string of the molecule is CCOC(=O)CNC(=O)CCn1cnc2c(cnn2C(C)(C)C)c1=O. The number of aromatic nitrogens is 4. The largest absolute Gasteiger partial charge is 0.465 e. The lowest BCUT2D eigenvalue weighted by Gasteiger charge is -2.19. The Bertz CT molecular complexity index is 831. The molecule has 0 bridgehead atoms. The molecule has 2 heterocycles. The fourth-order valence-electron chi connectivity index (χ4n) is 2.29. The third-order valence-electron chi connectivity index (χ3n) is 3.50. The van der Waals surface area contributed by atoms with E-state index in [2.05, 4.69) is 15.4 Å². The highest BCUT2D eigenvalue weighted by Gasteiger charge is 2.19. The Hall–Kier alpha value is -2.71. The zero-order chi connectivity index (χ0) is 18.6. The quantitative estimate of drug-likeness (QED) is 0.757. The Morgan fingerprint density at radius 1 is 1.32 bits per heavy atom. The monoisotopic (exact) mass is 349 g/mol. The molecule has 0 spiro atoms. The number of amides is 1. The van der Waals surface area contributed by atoms with Gasteiger partial charge in [-0.1, -0.05) is 0 Å². The van der Waals surface area contributed by atoms with Crippen LogP contribution in [0.15, 0.2) is 17.3 Å². The van der Waals surface area contributed by atoms with Crippen LogP contribution in [0.4, 0.5) is 0 Å². The highest BCUT2D eigenvalue weighted by molar-refractivity contribution is 5.81. The molecule has 1 amide bonds. The van der Waals surface area contributed by atoms with Crippen LogP contribution in [-0.4, -0.2) is 44.4 Å². The van der Waals surface area contributed by atoms with Crippen molar-refractivity contribution in [1.82, 2.24) is 24.6 Å². The number of esters is 1. The Kier molecular flexibility index (Phi) is 5.55. The molecule has 0 aromatic carbocycles. The van der Waals surface area contributed by atoms with Crippen LogP contribution < -0.4 is 10.9 Å². The summed E-state index contributed by atoms with van der Waals surface area (Å²) >= 11 is 0. The average Bonchev–Trinajstić information content (AvgIpc) is 2.97. The Morgan fingerprint density at radius 3 is 2.68 bits per heavy atom. The summed E-state index contributed by atoms with van der Waals surface area (Å²) < 4.78 is 7.78. The molecule has 2 rings (SSSR count). The molecule has 0 atom stereocenters. The van der Waals surface area contributed by atoms with Crippen molar-refractivity contribution < 1.29 is 14.3 Å². The Balaban J connectivity index is 2.05. The molecule has 9 nitrogen and oxygen atoms in total. The number of carbonyl (C=O) groups is 2. The van der Waals surface area contributed by atoms with E-state index in [0.717, 1.165) is 0 Å². The van der Waals surface area contributed by atoms with E-state index in [-0.39, 0.29) is 43.1 Å².